The molecule has 0 aliphatic carbocycles. The second-order valence-electron chi connectivity index (χ2n) is 4.05. The first-order valence-electron chi connectivity index (χ1n) is 5.70. The Balaban J connectivity index is 2.42. The third-order valence-electron chi connectivity index (χ3n) is 2.86. The Morgan fingerprint density at radius 3 is 2.58 bits per heavy atom. The summed E-state index contributed by atoms with van der Waals surface area (Å²) in [5, 5.41) is 0.580. The van der Waals surface area contributed by atoms with Crippen molar-refractivity contribution in [3.63, 3.8) is 0 Å². The predicted molar refractivity (Wildman–Crippen MR) is 81.3 cm³/mol. The number of hydrogen-bond donors (Lipinski definition) is 2. The standard InChI is InChI=1S/C14H14BrClN2O/c1-19-13-8-10(5-6-12(13)16)14(18-17)9-3-2-4-11(15)7-9/h2-8,14,18H,17H2,1H3. The first-order chi connectivity index (χ1) is 9.15. The van der Waals surface area contributed by atoms with Gasteiger partial charge in [-0.2, -0.15) is 0 Å². The highest BCUT2D eigenvalue weighted by Crippen LogP contribution is 2.30. The lowest BCUT2D eigenvalue weighted by molar-refractivity contribution is 0.414. The van der Waals surface area contributed by atoms with Gasteiger partial charge in [-0.15, -0.1) is 0 Å². The van der Waals surface area contributed by atoms with Gasteiger partial charge in [-0.1, -0.05) is 45.7 Å². The zero-order valence-corrected chi connectivity index (χ0v) is 12.7. The van der Waals surface area contributed by atoms with Gasteiger partial charge in [0, 0.05) is 4.47 Å². The summed E-state index contributed by atoms with van der Waals surface area (Å²) < 4.78 is 6.24. The van der Waals surface area contributed by atoms with Crippen molar-refractivity contribution in [2.45, 2.75) is 6.04 Å². The molecule has 2 aromatic carbocycles. The first kappa shape index (κ1) is 14.3. The Morgan fingerprint density at radius 1 is 1.21 bits per heavy atom. The molecule has 0 fully saturated rings. The number of rotatable bonds is 4. The summed E-state index contributed by atoms with van der Waals surface area (Å²) in [6.07, 6.45) is 0. The lowest BCUT2D eigenvalue weighted by Crippen LogP contribution is -2.28. The zero-order chi connectivity index (χ0) is 13.8. The summed E-state index contributed by atoms with van der Waals surface area (Å²) in [6.45, 7) is 0. The highest BCUT2D eigenvalue weighted by Gasteiger charge is 2.14. The normalized spacial score (nSPS) is 12.2. The lowest BCUT2D eigenvalue weighted by atomic mass is 9.99. The van der Waals surface area contributed by atoms with Crippen molar-refractivity contribution in [3.8, 4) is 5.75 Å². The topological polar surface area (TPSA) is 47.3 Å². The van der Waals surface area contributed by atoms with E-state index in [9.17, 15) is 0 Å². The minimum absolute atomic E-state index is 0.122. The summed E-state index contributed by atoms with van der Waals surface area (Å²) >= 11 is 9.49. The minimum atomic E-state index is -0.122. The van der Waals surface area contributed by atoms with Crippen LogP contribution in [-0.2, 0) is 0 Å². The van der Waals surface area contributed by atoms with Crippen LogP contribution in [0, 0.1) is 0 Å². The third kappa shape index (κ3) is 3.28. The summed E-state index contributed by atoms with van der Waals surface area (Å²) in [6, 6.07) is 13.5. The SMILES string of the molecule is COc1cc(C(NN)c2cccc(Br)c2)ccc1Cl. The summed E-state index contributed by atoms with van der Waals surface area (Å²) in [7, 11) is 1.59. The fourth-order valence-corrected chi connectivity index (χ4v) is 2.54. The monoisotopic (exact) mass is 340 g/mol. The van der Waals surface area contributed by atoms with Gasteiger partial charge < -0.3 is 4.74 Å². The van der Waals surface area contributed by atoms with E-state index >= 15 is 0 Å². The van der Waals surface area contributed by atoms with E-state index < -0.39 is 0 Å². The molecule has 0 aromatic heterocycles. The number of nitrogens with two attached hydrogens (primary N) is 1. The molecule has 0 aliphatic heterocycles. The van der Waals surface area contributed by atoms with Gasteiger partial charge in [0.1, 0.15) is 5.75 Å². The molecule has 3 nitrogen and oxygen atoms in total. The van der Waals surface area contributed by atoms with Crippen LogP contribution in [0.4, 0.5) is 0 Å². The molecule has 5 heteroatoms. The van der Waals surface area contributed by atoms with Gasteiger partial charge in [0.25, 0.3) is 0 Å². The molecule has 0 heterocycles. The number of hydrazine groups is 1. The molecular weight excluding hydrogens is 328 g/mol. The van der Waals surface area contributed by atoms with E-state index in [-0.39, 0.29) is 6.04 Å². The molecule has 100 valence electrons. The maximum Gasteiger partial charge on any atom is 0.137 e. The van der Waals surface area contributed by atoms with Crippen molar-refractivity contribution >= 4 is 27.5 Å². The number of benzene rings is 2. The largest absolute Gasteiger partial charge is 0.495 e. The van der Waals surface area contributed by atoms with E-state index in [1.807, 2.05) is 36.4 Å². The number of nitrogens with one attached hydrogen (secondary N) is 1. The van der Waals surface area contributed by atoms with Gasteiger partial charge in [-0.05, 0) is 35.4 Å². The Bertz CT molecular complexity index is 577. The van der Waals surface area contributed by atoms with Crippen LogP contribution in [0.2, 0.25) is 5.02 Å². The number of methoxy groups -OCH3 is 1. The highest BCUT2D eigenvalue weighted by molar-refractivity contribution is 9.10. The number of halogens is 2. The predicted octanol–water partition coefficient (Wildman–Crippen LogP) is 3.66. The Kier molecular flexibility index (Phi) is 4.82. The fourth-order valence-electron chi connectivity index (χ4n) is 1.93. The molecule has 0 saturated carbocycles. The highest BCUT2D eigenvalue weighted by atomic mass is 79.9. The molecule has 0 bridgehead atoms. The van der Waals surface area contributed by atoms with Gasteiger partial charge in [0.2, 0.25) is 0 Å². The van der Waals surface area contributed by atoms with E-state index in [4.69, 9.17) is 22.2 Å². The van der Waals surface area contributed by atoms with Crippen LogP contribution in [0.25, 0.3) is 0 Å². The number of hydrogen-bond acceptors (Lipinski definition) is 3. The second kappa shape index (κ2) is 6.39. The molecule has 3 N–H and O–H groups in total. The molecule has 0 spiro atoms. The molecule has 0 amide bonds. The molecule has 2 rings (SSSR count). The molecule has 0 aliphatic rings. The lowest BCUT2D eigenvalue weighted by Gasteiger charge is -2.18. The summed E-state index contributed by atoms with van der Waals surface area (Å²) in [5.41, 5.74) is 4.86. The van der Waals surface area contributed by atoms with Crippen molar-refractivity contribution < 1.29 is 4.74 Å². The van der Waals surface area contributed by atoms with E-state index in [1.165, 1.54) is 0 Å². The quantitative estimate of drug-likeness (QED) is 0.659. The Hall–Kier alpha value is -1.07. The van der Waals surface area contributed by atoms with Gasteiger partial charge in [-0.3, -0.25) is 5.84 Å². The van der Waals surface area contributed by atoms with Crippen molar-refractivity contribution in [1.82, 2.24) is 5.43 Å². The summed E-state index contributed by atoms with van der Waals surface area (Å²) in [4.78, 5) is 0. The van der Waals surface area contributed by atoms with E-state index in [0.717, 1.165) is 15.6 Å². The van der Waals surface area contributed by atoms with Crippen LogP contribution < -0.4 is 16.0 Å². The molecule has 2 aromatic rings. The van der Waals surface area contributed by atoms with Crippen LogP contribution in [0.15, 0.2) is 46.9 Å². The maximum atomic E-state index is 6.03. The minimum Gasteiger partial charge on any atom is -0.495 e. The van der Waals surface area contributed by atoms with Crippen molar-refractivity contribution in [3.05, 3.63) is 63.1 Å². The van der Waals surface area contributed by atoms with Crippen LogP contribution in [0.5, 0.6) is 5.75 Å². The first-order valence-corrected chi connectivity index (χ1v) is 6.88. The molecule has 1 unspecified atom stereocenters. The molecule has 0 radical (unpaired) electrons. The molecule has 19 heavy (non-hydrogen) atoms. The summed E-state index contributed by atoms with van der Waals surface area (Å²) in [5.74, 6) is 6.31. The van der Waals surface area contributed by atoms with Crippen LogP contribution in [-0.4, -0.2) is 7.11 Å². The third-order valence-corrected chi connectivity index (χ3v) is 3.66. The average molecular weight is 342 g/mol. The zero-order valence-electron chi connectivity index (χ0n) is 10.4. The van der Waals surface area contributed by atoms with E-state index in [2.05, 4.69) is 21.4 Å². The smallest absolute Gasteiger partial charge is 0.137 e. The molecule has 0 saturated heterocycles. The van der Waals surface area contributed by atoms with Crippen molar-refractivity contribution in [2.24, 2.45) is 5.84 Å². The van der Waals surface area contributed by atoms with E-state index in [1.54, 1.807) is 13.2 Å². The molecular formula is C14H14BrClN2O. The van der Waals surface area contributed by atoms with Crippen LogP contribution in [0.3, 0.4) is 0 Å². The fraction of sp³-hybridized carbons (Fsp3) is 0.143. The van der Waals surface area contributed by atoms with Crippen LogP contribution >= 0.6 is 27.5 Å². The maximum absolute atomic E-state index is 6.03. The van der Waals surface area contributed by atoms with E-state index in [0.29, 0.717) is 10.8 Å². The molecule has 1 atom stereocenters. The second-order valence-corrected chi connectivity index (χ2v) is 5.37. The van der Waals surface area contributed by atoms with Gasteiger partial charge >= 0.3 is 0 Å². The Labute approximate surface area is 125 Å². The number of ether oxygens (including phenoxy) is 1. The van der Waals surface area contributed by atoms with Crippen LogP contribution in [0.1, 0.15) is 17.2 Å². The van der Waals surface area contributed by atoms with Gasteiger partial charge in [-0.25, -0.2) is 5.43 Å². The van der Waals surface area contributed by atoms with Crippen molar-refractivity contribution in [1.29, 1.82) is 0 Å². The van der Waals surface area contributed by atoms with Crippen molar-refractivity contribution in [2.75, 3.05) is 7.11 Å². The Morgan fingerprint density at radius 2 is 1.95 bits per heavy atom. The average Bonchev–Trinajstić information content (AvgIpc) is 2.41. The van der Waals surface area contributed by atoms with Gasteiger partial charge in [0.05, 0.1) is 18.2 Å². The van der Waals surface area contributed by atoms with Gasteiger partial charge in [0.15, 0.2) is 0 Å².